The summed E-state index contributed by atoms with van der Waals surface area (Å²) in [5.74, 6) is 0.902. The molecule has 0 bridgehead atoms. The normalized spacial score (nSPS) is 17.0. The average Bonchev–Trinajstić information content (AvgIpc) is 3.02. The molecule has 0 unspecified atom stereocenters. The predicted molar refractivity (Wildman–Crippen MR) is 104 cm³/mol. The molecule has 0 heterocycles. The van der Waals surface area contributed by atoms with Gasteiger partial charge < -0.3 is 0 Å². The van der Waals surface area contributed by atoms with E-state index >= 15 is 0 Å². The monoisotopic (exact) mass is 405 g/mol. The molecule has 0 aliphatic heterocycles. The van der Waals surface area contributed by atoms with Crippen molar-refractivity contribution in [2.45, 2.75) is 52.4 Å². The number of fused-ring (bicyclic) bond motifs is 1. The first kappa shape index (κ1) is 18.8. The number of hydrogen-bond donors (Lipinski definition) is 0. The van der Waals surface area contributed by atoms with Crippen molar-refractivity contribution in [1.82, 2.24) is 0 Å². The van der Waals surface area contributed by atoms with Crippen molar-refractivity contribution in [3.63, 3.8) is 0 Å². The van der Waals surface area contributed by atoms with Gasteiger partial charge in [-0.25, -0.2) is 0 Å². The first-order chi connectivity index (χ1) is 11.7. The zero-order valence-electron chi connectivity index (χ0n) is 15.4. The van der Waals surface area contributed by atoms with Crippen molar-refractivity contribution in [2.24, 2.45) is 5.92 Å². The summed E-state index contributed by atoms with van der Waals surface area (Å²) in [5, 5.41) is 0. The van der Waals surface area contributed by atoms with E-state index in [9.17, 15) is 0 Å². The van der Waals surface area contributed by atoms with E-state index in [0.29, 0.717) is 0 Å². The van der Waals surface area contributed by atoms with E-state index in [1.807, 2.05) is 0 Å². The summed E-state index contributed by atoms with van der Waals surface area (Å²) in [6, 6.07) is 13.5. The van der Waals surface area contributed by atoms with E-state index < -0.39 is 0 Å². The Morgan fingerprint density at radius 2 is 1.56 bits per heavy atom. The van der Waals surface area contributed by atoms with Gasteiger partial charge in [-0.2, -0.15) is 0 Å². The van der Waals surface area contributed by atoms with Gasteiger partial charge in [0.2, 0.25) is 0 Å². The Morgan fingerprint density at radius 1 is 0.840 bits per heavy atom. The third-order valence-corrected chi connectivity index (χ3v) is 5.78. The van der Waals surface area contributed by atoms with Crippen LogP contribution in [-0.4, -0.2) is 0 Å². The minimum Gasteiger partial charge on any atom is -0.0608 e. The molecule has 0 nitrogen and oxygen atoms in total. The topological polar surface area (TPSA) is 0 Å². The predicted octanol–water partition coefficient (Wildman–Crippen LogP) is 6.89. The molecule has 1 saturated carbocycles. The van der Waals surface area contributed by atoms with Gasteiger partial charge in [0.05, 0.1) is 0 Å². The van der Waals surface area contributed by atoms with Crippen LogP contribution in [-0.2, 0) is 26.2 Å². The summed E-state index contributed by atoms with van der Waals surface area (Å²) in [6.07, 6.45) is 13.3. The Kier molecular flexibility index (Phi) is 6.16. The standard InChI is InChI=1S/C24H27.Zr/c1-17-8-11-21(12-9-17)22-13-10-18(2)23-15-20(16-24(22)23)14-19-6-4-3-5-7-19;/h8-13,15-16,19H,3-7,14H2,1-2H3;. The second kappa shape index (κ2) is 8.17. The fourth-order valence-corrected chi connectivity index (χ4v) is 4.33. The van der Waals surface area contributed by atoms with E-state index in [4.69, 9.17) is 0 Å². The maximum absolute atomic E-state index is 2.46. The SMILES string of the molecule is Cc1ccc(-c2ccc(C)c3c2C=C(CC2CCCCC2)[CH]3)cc1.[Zr]. The van der Waals surface area contributed by atoms with Gasteiger partial charge in [0.1, 0.15) is 0 Å². The van der Waals surface area contributed by atoms with E-state index in [-0.39, 0.29) is 26.2 Å². The number of allylic oxidation sites excluding steroid dienone is 1. The average molecular weight is 407 g/mol. The molecule has 0 spiro atoms. The van der Waals surface area contributed by atoms with Gasteiger partial charge in [-0.15, -0.1) is 0 Å². The smallest absolute Gasteiger partial charge is 0.0167 e. The largest absolute Gasteiger partial charge is 0.0608 e. The fraction of sp³-hybridized carbons (Fsp3) is 0.375. The Hall–Kier alpha value is -0.937. The molecule has 0 amide bonds. The van der Waals surface area contributed by atoms with E-state index in [2.05, 4.69) is 62.7 Å². The van der Waals surface area contributed by atoms with Crippen LogP contribution in [0.15, 0.2) is 42.0 Å². The van der Waals surface area contributed by atoms with Gasteiger partial charge in [0.25, 0.3) is 0 Å². The Labute approximate surface area is 171 Å². The molecule has 0 saturated heterocycles. The van der Waals surface area contributed by atoms with Crippen molar-refractivity contribution < 1.29 is 26.2 Å². The van der Waals surface area contributed by atoms with Crippen molar-refractivity contribution in [3.05, 3.63) is 70.6 Å². The van der Waals surface area contributed by atoms with Gasteiger partial charge in [-0.1, -0.05) is 85.7 Å². The first-order valence-corrected chi connectivity index (χ1v) is 9.47. The van der Waals surface area contributed by atoms with Crippen molar-refractivity contribution in [1.29, 1.82) is 0 Å². The third-order valence-electron chi connectivity index (χ3n) is 5.78. The molecule has 2 aliphatic rings. The van der Waals surface area contributed by atoms with Gasteiger partial charge in [0, 0.05) is 32.6 Å². The Morgan fingerprint density at radius 3 is 2.28 bits per heavy atom. The minimum atomic E-state index is 0. The van der Waals surface area contributed by atoms with E-state index in [0.717, 1.165) is 5.92 Å². The van der Waals surface area contributed by atoms with Crippen LogP contribution in [0.5, 0.6) is 0 Å². The summed E-state index contributed by atoms with van der Waals surface area (Å²) in [5.41, 5.74) is 9.85. The van der Waals surface area contributed by atoms with Gasteiger partial charge >= 0.3 is 0 Å². The molecule has 2 aromatic rings. The molecule has 1 heteroatoms. The van der Waals surface area contributed by atoms with Crippen LogP contribution in [0.4, 0.5) is 0 Å². The second-order valence-corrected chi connectivity index (χ2v) is 7.70. The van der Waals surface area contributed by atoms with Crippen LogP contribution in [0.3, 0.4) is 0 Å². The summed E-state index contributed by atoms with van der Waals surface area (Å²) < 4.78 is 0. The summed E-state index contributed by atoms with van der Waals surface area (Å²) in [4.78, 5) is 0. The molecule has 4 rings (SSSR count). The molecule has 1 radical (unpaired) electrons. The molecule has 0 atom stereocenters. The van der Waals surface area contributed by atoms with Crippen LogP contribution in [0.2, 0.25) is 0 Å². The van der Waals surface area contributed by atoms with E-state index in [1.165, 1.54) is 71.9 Å². The molecule has 2 aromatic carbocycles. The molecule has 2 aliphatic carbocycles. The van der Waals surface area contributed by atoms with Gasteiger partial charge in [0.15, 0.2) is 0 Å². The molecule has 25 heavy (non-hydrogen) atoms. The van der Waals surface area contributed by atoms with Crippen molar-refractivity contribution in [3.8, 4) is 11.1 Å². The molecular formula is C24H27Zr. The minimum absolute atomic E-state index is 0. The number of benzene rings is 2. The number of aryl methyl sites for hydroxylation is 2. The van der Waals surface area contributed by atoms with Crippen LogP contribution in [0, 0.1) is 26.2 Å². The number of rotatable bonds is 3. The van der Waals surface area contributed by atoms with Gasteiger partial charge in [-0.3, -0.25) is 0 Å². The molecular weight excluding hydrogens is 379 g/mol. The Balaban J connectivity index is 0.00000182. The summed E-state index contributed by atoms with van der Waals surface area (Å²) in [6.45, 7) is 4.39. The zero-order valence-corrected chi connectivity index (χ0v) is 17.9. The third kappa shape index (κ3) is 4.08. The molecule has 0 N–H and O–H groups in total. The van der Waals surface area contributed by atoms with Crippen LogP contribution in [0.25, 0.3) is 17.2 Å². The van der Waals surface area contributed by atoms with Gasteiger partial charge in [-0.05, 0) is 54.0 Å². The quantitative estimate of drug-likeness (QED) is 0.521. The first-order valence-electron chi connectivity index (χ1n) is 9.47. The molecule has 1 fully saturated rings. The zero-order chi connectivity index (χ0) is 16.5. The fourth-order valence-electron chi connectivity index (χ4n) is 4.33. The summed E-state index contributed by atoms with van der Waals surface area (Å²) in [7, 11) is 0. The molecule has 0 aromatic heterocycles. The van der Waals surface area contributed by atoms with Crippen LogP contribution >= 0.6 is 0 Å². The van der Waals surface area contributed by atoms with Crippen LogP contribution < -0.4 is 0 Å². The van der Waals surface area contributed by atoms with E-state index in [1.54, 1.807) is 5.57 Å². The van der Waals surface area contributed by atoms with Crippen LogP contribution in [0.1, 0.15) is 60.8 Å². The maximum Gasteiger partial charge on any atom is 0.0167 e. The summed E-state index contributed by atoms with van der Waals surface area (Å²) >= 11 is 0. The molecule has 127 valence electrons. The number of hydrogen-bond acceptors (Lipinski definition) is 0. The second-order valence-electron chi connectivity index (χ2n) is 7.70. The maximum atomic E-state index is 2.46. The van der Waals surface area contributed by atoms with Crippen molar-refractivity contribution >= 4 is 6.08 Å². The Bertz CT molecular complexity index is 761. The van der Waals surface area contributed by atoms with Crippen molar-refractivity contribution in [2.75, 3.05) is 0 Å².